The van der Waals surface area contributed by atoms with Crippen LogP contribution in [0.25, 0.3) is 5.65 Å². The maximum Gasteiger partial charge on any atom is 0.270 e. The van der Waals surface area contributed by atoms with Crippen LogP contribution in [0.4, 0.5) is 0 Å². The van der Waals surface area contributed by atoms with E-state index in [1.165, 1.54) is 10.6 Å². The molecule has 7 nitrogen and oxygen atoms in total. The topological polar surface area (TPSA) is 92.2 Å². The average Bonchev–Trinajstić information content (AvgIpc) is 3.22. The Morgan fingerprint density at radius 2 is 1.93 bits per heavy atom. The van der Waals surface area contributed by atoms with E-state index < -0.39 is 11.5 Å². The zero-order chi connectivity index (χ0) is 18.6. The molecule has 27 heavy (non-hydrogen) atoms. The first-order valence-electron chi connectivity index (χ1n) is 8.53. The lowest BCUT2D eigenvalue weighted by Gasteiger charge is -2.18. The molecule has 0 saturated carbocycles. The number of fused-ring (bicyclic) bond motifs is 1. The smallest absolute Gasteiger partial charge is 0.270 e. The van der Waals surface area contributed by atoms with Gasteiger partial charge in [0.1, 0.15) is 17.0 Å². The van der Waals surface area contributed by atoms with Gasteiger partial charge < -0.3 is 10.3 Å². The standard InChI is InChI=1S/C20H17N5O2/c26-19(15-13-23-18-8-4-5-11-25(18)20(15)27)24-16(12-17-21-9-10-22-17)14-6-2-1-3-7-14/h1-11,13,16H,12H2,(H,21,22)(H,24,26). The molecule has 134 valence electrons. The van der Waals surface area contributed by atoms with Gasteiger partial charge in [0.05, 0.1) is 6.04 Å². The number of aromatic nitrogens is 4. The fourth-order valence-electron chi connectivity index (χ4n) is 2.96. The van der Waals surface area contributed by atoms with E-state index in [1.807, 2.05) is 30.3 Å². The minimum Gasteiger partial charge on any atom is -0.349 e. The molecule has 0 bridgehead atoms. The van der Waals surface area contributed by atoms with Crippen LogP contribution in [0.3, 0.4) is 0 Å². The van der Waals surface area contributed by atoms with E-state index in [0.717, 1.165) is 11.4 Å². The highest BCUT2D eigenvalue weighted by Gasteiger charge is 2.20. The lowest BCUT2D eigenvalue weighted by atomic mass is 10.0. The highest BCUT2D eigenvalue weighted by atomic mass is 16.2. The third-order valence-corrected chi connectivity index (χ3v) is 4.32. The van der Waals surface area contributed by atoms with E-state index in [2.05, 4.69) is 20.3 Å². The number of nitrogens with zero attached hydrogens (tertiary/aromatic N) is 3. The van der Waals surface area contributed by atoms with Crippen LogP contribution in [0, 0.1) is 0 Å². The fraction of sp³-hybridized carbons (Fsp3) is 0.100. The number of hydrogen-bond acceptors (Lipinski definition) is 4. The van der Waals surface area contributed by atoms with E-state index in [-0.39, 0.29) is 11.6 Å². The van der Waals surface area contributed by atoms with Crippen molar-refractivity contribution in [1.29, 1.82) is 0 Å². The summed E-state index contributed by atoms with van der Waals surface area (Å²) in [4.78, 5) is 37.0. The predicted octanol–water partition coefficient (Wildman–Crippen LogP) is 2.13. The molecule has 1 unspecified atom stereocenters. The van der Waals surface area contributed by atoms with E-state index in [4.69, 9.17) is 0 Å². The molecule has 0 radical (unpaired) electrons. The van der Waals surface area contributed by atoms with Gasteiger partial charge in [-0.25, -0.2) is 9.97 Å². The minimum absolute atomic E-state index is 0.000856. The summed E-state index contributed by atoms with van der Waals surface area (Å²) in [5, 5.41) is 2.94. The number of H-pyrrole nitrogens is 1. The third kappa shape index (κ3) is 3.48. The number of imidazole rings is 1. The normalized spacial score (nSPS) is 12.0. The first kappa shape index (κ1) is 16.7. The summed E-state index contributed by atoms with van der Waals surface area (Å²) in [5.41, 5.74) is 1.02. The van der Waals surface area contributed by atoms with Gasteiger partial charge in [-0.1, -0.05) is 36.4 Å². The highest BCUT2D eigenvalue weighted by Crippen LogP contribution is 2.17. The van der Waals surface area contributed by atoms with Crippen molar-refractivity contribution < 1.29 is 4.79 Å². The van der Waals surface area contributed by atoms with E-state index in [1.54, 1.807) is 36.8 Å². The number of pyridine rings is 1. The summed E-state index contributed by atoms with van der Waals surface area (Å²) in [6, 6.07) is 14.5. The number of rotatable bonds is 5. The van der Waals surface area contributed by atoms with Crippen molar-refractivity contribution in [3.63, 3.8) is 0 Å². The molecular weight excluding hydrogens is 342 g/mol. The van der Waals surface area contributed by atoms with E-state index in [0.29, 0.717) is 12.1 Å². The lowest BCUT2D eigenvalue weighted by molar-refractivity contribution is 0.0934. The second-order valence-electron chi connectivity index (χ2n) is 6.08. The zero-order valence-electron chi connectivity index (χ0n) is 14.4. The summed E-state index contributed by atoms with van der Waals surface area (Å²) >= 11 is 0. The van der Waals surface area contributed by atoms with Crippen LogP contribution in [0.2, 0.25) is 0 Å². The number of nitrogens with one attached hydrogen (secondary N) is 2. The van der Waals surface area contributed by atoms with Gasteiger partial charge in [-0.3, -0.25) is 14.0 Å². The van der Waals surface area contributed by atoms with Crippen molar-refractivity contribution in [3.8, 4) is 0 Å². The molecule has 0 aliphatic carbocycles. The number of carbonyl (C=O) groups is 1. The predicted molar refractivity (Wildman–Crippen MR) is 100 cm³/mol. The quantitative estimate of drug-likeness (QED) is 0.571. The van der Waals surface area contributed by atoms with Crippen LogP contribution < -0.4 is 10.9 Å². The molecule has 2 N–H and O–H groups in total. The Hall–Kier alpha value is -3.74. The Labute approximate surface area is 154 Å². The van der Waals surface area contributed by atoms with Crippen molar-refractivity contribution in [2.24, 2.45) is 0 Å². The average molecular weight is 359 g/mol. The molecule has 0 fully saturated rings. The molecule has 0 spiro atoms. The molecule has 7 heteroatoms. The molecule has 3 heterocycles. The van der Waals surface area contributed by atoms with Crippen LogP contribution in [0.1, 0.15) is 27.8 Å². The minimum atomic E-state index is -0.467. The van der Waals surface area contributed by atoms with Gasteiger partial charge in [0, 0.05) is 31.2 Å². The van der Waals surface area contributed by atoms with E-state index >= 15 is 0 Å². The molecule has 0 saturated heterocycles. The fourth-order valence-corrected chi connectivity index (χ4v) is 2.96. The van der Waals surface area contributed by atoms with Gasteiger partial charge in [0.25, 0.3) is 11.5 Å². The monoisotopic (exact) mass is 359 g/mol. The van der Waals surface area contributed by atoms with Crippen molar-refractivity contribution in [1.82, 2.24) is 24.7 Å². The number of carbonyl (C=O) groups excluding carboxylic acids is 1. The van der Waals surface area contributed by atoms with Crippen molar-refractivity contribution in [3.05, 3.63) is 101 Å². The second-order valence-corrected chi connectivity index (χ2v) is 6.08. The SMILES string of the molecule is O=C(NC(Cc1ncc[nH]1)c1ccccc1)c1cnc2ccccn2c1=O. The number of benzene rings is 1. The Balaban J connectivity index is 1.66. The van der Waals surface area contributed by atoms with Crippen molar-refractivity contribution in [2.45, 2.75) is 12.5 Å². The van der Waals surface area contributed by atoms with Gasteiger partial charge in [0.15, 0.2) is 0 Å². The number of aromatic amines is 1. The summed E-state index contributed by atoms with van der Waals surface area (Å²) in [6.45, 7) is 0. The first-order valence-corrected chi connectivity index (χ1v) is 8.53. The Bertz CT molecular complexity index is 1120. The van der Waals surface area contributed by atoms with Crippen molar-refractivity contribution in [2.75, 3.05) is 0 Å². The lowest BCUT2D eigenvalue weighted by Crippen LogP contribution is -2.35. The number of amides is 1. The first-order chi connectivity index (χ1) is 13.2. The molecule has 4 rings (SSSR count). The van der Waals surface area contributed by atoms with Crippen LogP contribution in [-0.4, -0.2) is 25.3 Å². The third-order valence-electron chi connectivity index (χ3n) is 4.32. The summed E-state index contributed by atoms with van der Waals surface area (Å²) in [6.07, 6.45) is 6.80. The summed E-state index contributed by atoms with van der Waals surface area (Å²) < 4.78 is 1.36. The summed E-state index contributed by atoms with van der Waals surface area (Å²) in [5.74, 6) is 0.281. The Morgan fingerprint density at radius 1 is 1.11 bits per heavy atom. The molecule has 1 atom stereocenters. The Kier molecular flexibility index (Phi) is 4.49. The van der Waals surface area contributed by atoms with Crippen LogP contribution in [0.15, 0.2) is 78.1 Å². The molecule has 1 aromatic carbocycles. The second kappa shape index (κ2) is 7.25. The largest absolute Gasteiger partial charge is 0.349 e. The molecule has 4 aromatic rings. The number of hydrogen-bond donors (Lipinski definition) is 2. The maximum atomic E-state index is 12.8. The van der Waals surface area contributed by atoms with E-state index in [9.17, 15) is 9.59 Å². The van der Waals surface area contributed by atoms with Gasteiger partial charge >= 0.3 is 0 Å². The van der Waals surface area contributed by atoms with Gasteiger partial charge in [-0.05, 0) is 17.7 Å². The molecule has 3 aromatic heterocycles. The summed E-state index contributed by atoms with van der Waals surface area (Å²) in [7, 11) is 0. The molecule has 1 amide bonds. The molecule has 0 aliphatic heterocycles. The van der Waals surface area contributed by atoms with Crippen molar-refractivity contribution >= 4 is 11.6 Å². The van der Waals surface area contributed by atoms with Gasteiger partial charge in [-0.15, -0.1) is 0 Å². The molecular formula is C20H17N5O2. The maximum absolute atomic E-state index is 12.8. The van der Waals surface area contributed by atoms with Gasteiger partial charge in [-0.2, -0.15) is 0 Å². The molecule has 0 aliphatic rings. The highest BCUT2D eigenvalue weighted by molar-refractivity contribution is 5.94. The van der Waals surface area contributed by atoms with Crippen LogP contribution in [-0.2, 0) is 6.42 Å². The van der Waals surface area contributed by atoms with Crippen LogP contribution in [0.5, 0.6) is 0 Å². The Morgan fingerprint density at radius 3 is 2.70 bits per heavy atom. The van der Waals surface area contributed by atoms with Crippen LogP contribution >= 0.6 is 0 Å². The zero-order valence-corrected chi connectivity index (χ0v) is 14.4. The van der Waals surface area contributed by atoms with Gasteiger partial charge in [0.2, 0.25) is 0 Å².